The van der Waals surface area contributed by atoms with Gasteiger partial charge in [0.2, 0.25) is 0 Å². The Hall–Kier alpha value is -1.72. The van der Waals surface area contributed by atoms with Gasteiger partial charge in [-0.15, -0.1) is 0 Å². The Balaban J connectivity index is 1.50. The van der Waals surface area contributed by atoms with Crippen molar-refractivity contribution in [2.24, 2.45) is 0 Å². The van der Waals surface area contributed by atoms with Crippen LogP contribution in [0.3, 0.4) is 0 Å². The zero-order chi connectivity index (χ0) is 16.5. The molecule has 1 aliphatic heterocycles. The minimum atomic E-state index is 0.348. The highest BCUT2D eigenvalue weighted by molar-refractivity contribution is 6.32. The first-order valence-electron chi connectivity index (χ1n) is 8.62. The molecule has 0 fully saturated rings. The Morgan fingerprint density at radius 2 is 2.21 bits per heavy atom. The summed E-state index contributed by atoms with van der Waals surface area (Å²) < 4.78 is 13.4. The predicted octanol–water partition coefficient (Wildman–Crippen LogP) is 3.49. The number of nitrogens with one attached hydrogen (secondary N) is 1. The highest BCUT2D eigenvalue weighted by atomic mass is 35.5. The van der Waals surface area contributed by atoms with E-state index in [-0.39, 0.29) is 0 Å². The summed E-state index contributed by atoms with van der Waals surface area (Å²) in [4.78, 5) is 0. The van der Waals surface area contributed by atoms with E-state index in [9.17, 15) is 0 Å². The highest BCUT2D eigenvalue weighted by Crippen LogP contribution is 2.38. The lowest BCUT2D eigenvalue weighted by Gasteiger charge is -2.25. The Morgan fingerprint density at radius 1 is 1.33 bits per heavy atom. The molecular weight excluding hydrogens is 326 g/mol. The molecule has 0 saturated heterocycles. The standard InChI is InChI=1S/C18H22ClN3O2/c1-2-22-16-5-3-4-15(13(16)11-21-22)20-10-12-8-14(19)18-17(9-12)23-6-7-24-18/h8-9,11,15,20H,2-7,10H2,1H3/t15-/m0/s1. The molecule has 128 valence electrons. The summed E-state index contributed by atoms with van der Waals surface area (Å²) >= 11 is 6.33. The van der Waals surface area contributed by atoms with Crippen LogP contribution in [0.4, 0.5) is 0 Å². The van der Waals surface area contributed by atoms with Crippen molar-refractivity contribution in [3.63, 3.8) is 0 Å². The summed E-state index contributed by atoms with van der Waals surface area (Å²) in [5.74, 6) is 1.41. The van der Waals surface area contributed by atoms with Gasteiger partial charge in [0.25, 0.3) is 0 Å². The molecule has 6 heteroatoms. The van der Waals surface area contributed by atoms with Crippen molar-refractivity contribution in [1.29, 1.82) is 0 Å². The van der Waals surface area contributed by atoms with E-state index in [1.54, 1.807) is 0 Å². The number of nitrogens with zero attached hydrogens (tertiary/aromatic N) is 2. The van der Waals surface area contributed by atoms with E-state index >= 15 is 0 Å². The van der Waals surface area contributed by atoms with E-state index in [0.29, 0.717) is 30.0 Å². The number of hydrogen-bond donors (Lipinski definition) is 1. The topological polar surface area (TPSA) is 48.3 Å². The van der Waals surface area contributed by atoms with Gasteiger partial charge in [0.1, 0.15) is 13.2 Å². The number of fused-ring (bicyclic) bond motifs is 2. The molecule has 0 unspecified atom stereocenters. The second-order valence-corrected chi connectivity index (χ2v) is 6.70. The van der Waals surface area contributed by atoms with Crippen LogP contribution in [0.5, 0.6) is 11.5 Å². The summed E-state index contributed by atoms with van der Waals surface area (Å²) in [6.45, 7) is 4.94. The molecule has 24 heavy (non-hydrogen) atoms. The van der Waals surface area contributed by atoms with Crippen LogP contribution in [0.15, 0.2) is 18.3 Å². The van der Waals surface area contributed by atoms with Gasteiger partial charge in [-0.3, -0.25) is 4.68 Å². The first-order valence-corrected chi connectivity index (χ1v) is 9.00. The van der Waals surface area contributed by atoms with E-state index in [4.69, 9.17) is 21.1 Å². The fourth-order valence-electron chi connectivity index (χ4n) is 3.61. The van der Waals surface area contributed by atoms with Gasteiger partial charge in [-0.05, 0) is 43.9 Å². The van der Waals surface area contributed by atoms with Gasteiger partial charge in [-0.1, -0.05) is 11.6 Å². The number of rotatable bonds is 4. The monoisotopic (exact) mass is 347 g/mol. The zero-order valence-corrected chi connectivity index (χ0v) is 14.6. The molecule has 2 aliphatic rings. The van der Waals surface area contributed by atoms with E-state index in [1.807, 2.05) is 18.3 Å². The minimum Gasteiger partial charge on any atom is -0.486 e. The smallest absolute Gasteiger partial charge is 0.179 e. The molecule has 1 N–H and O–H groups in total. The zero-order valence-electron chi connectivity index (χ0n) is 13.8. The van der Waals surface area contributed by atoms with E-state index < -0.39 is 0 Å². The third-order valence-corrected chi connectivity index (χ3v) is 5.05. The maximum atomic E-state index is 6.33. The lowest BCUT2D eigenvalue weighted by atomic mass is 9.93. The van der Waals surface area contributed by atoms with Crippen molar-refractivity contribution < 1.29 is 9.47 Å². The van der Waals surface area contributed by atoms with Crippen molar-refractivity contribution >= 4 is 11.6 Å². The van der Waals surface area contributed by atoms with Crippen molar-refractivity contribution in [2.75, 3.05) is 13.2 Å². The molecule has 0 radical (unpaired) electrons. The lowest BCUT2D eigenvalue weighted by Crippen LogP contribution is -2.25. The van der Waals surface area contributed by atoms with Gasteiger partial charge in [-0.25, -0.2) is 0 Å². The molecule has 1 atom stereocenters. The molecule has 0 saturated carbocycles. The molecule has 0 amide bonds. The number of halogens is 1. The third-order valence-electron chi connectivity index (χ3n) is 4.77. The van der Waals surface area contributed by atoms with Crippen LogP contribution in [0, 0.1) is 0 Å². The van der Waals surface area contributed by atoms with E-state index in [0.717, 1.165) is 37.2 Å². The van der Waals surface area contributed by atoms with Crippen LogP contribution >= 0.6 is 11.6 Å². The normalized spacial score (nSPS) is 19.2. The molecule has 2 heterocycles. The summed E-state index contributed by atoms with van der Waals surface area (Å²) in [5.41, 5.74) is 3.83. The largest absolute Gasteiger partial charge is 0.486 e. The number of aryl methyl sites for hydroxylation is 1. The van der Waals surface area contributed by atoms with Gasteiger partial charge in [0.15, 0.2) is 11.5 Å². The van der Waals surface area contributed by atoms with Crippen LogP contribution in [-0.2, 0) is 19.5 Å². The Labute approximate surface area is 146 Å². The Kier molecular flexibility index (Phi) is 4.37. The highest BCUT2D eigenvalue weighted by Gasteiger charge is 2.24. The summed E-state index contributed by atoms with van der Waals surface area (Å²) in [5, 5.41) is 8.79. The molecule has 0 spiro atoms. The average molecular weight is 348 g/mol. The fraction of sp³-hybridized carbons (Fsp3) is 0.500. The summed E-state index contributed by atoms with van der Waals surface area (Å²) in [6, 6.07) is 4.33. The molecule has 1 aromatic carbocycles. The van der Waals surface area contributed by atoms with Gasteiger partial charge in [-0.2, -0.15) is 5.10 Å². The van der Waals surface area contributed by atoms with Crippen LogP contribution in [0.25, 0.3) is 0 Å². The maximum absolute atomic E-state index is 6.33. The number of benzene rings is 1. The quantitative estimate of drug-likeness (QED) is 0.919. The molecular formula is C18H22ClN3O2. The number of aromatic nitrogens is 2. The van der Waals surface area contributed by atoms with Gasteiger partial charge >= 0.3 is 0 Å². The van der Waals surface area contributed by atoms with Crippen molar-refractivity contribution in [2.45, 2.75) is 45.3 Å². The van der Waals surface area contributed by atoms with Gasteiger partial charge in [0, 0.05) is 30.4 Å². The predicted molar refractivity (Wildman–Crippen MR) is 92.9 cm³/mol. The Bertz CT molecular complexity index is 744. The molecule has 5 nitrogen and oxygen atoms in total. The van der Waals surface area contributed by atoms with Crippen molar-refractivity contribution in [3.05, 3.63) is 40.2 Å². The second-order valence-electron chi connectivity index (χ2n) is 6.29. The van der Waals surface area contributed by atoms with Crippen LogP contribution < -0.4 is 14.8 Å². The first kappa shape index (κ1) is 15.8. The van der Waals surface area contributed by atoms with Crippen molar-refractivity contribution in [3.8, 4) is 11.5 Å². The molecule has 4 rings (SSSR count). The van der Waals surface area contributed by atoms with Crippen LogP contribution in [-0.4, -0.2) is 23.0 Å². The fourth-order valence-corrected chi connectivity index (χ4v) is 3.90. The molecule has 1 aromatic heterocycles. The lowest BCUT2D eigenvalue weighted by molar-refractivity contribution is 0.171. The van der Waals surface area contributed by atoms with Crippen LogP contribution in [0.2, 0.25) is 5.02 Å². The van der Waals surface area contributed by atoms with Crippen LogP contribution in [0.1, 0.15) is 42.6 Å². The summed E-state index contributed by atoms with van der Waals surface area (Å²) in [7, 11) is 0. The van der Waals surface area contributed by atoms with E-state index in [2.05, 4.69) is 22.0 Å². The first-order chi connectivity index (χ1) is 11.8. The van der Waals surface area contributed by atoms with Gasteiger partial charge in [0.05, 0.1) is 11.2 Å². The number of hydrogen-bond acceptors (Lipinski definition) is 4. The third kappa shape index (κ3) is 2.87. The van der Waals surface area contributed by atoms with Gasteiger partial charge < -0.3 is 14.8 Å². The SMILES string of the molecule is CCn1ncc2c1CCC[C@@H]2NCc1cc(Cl)c2c(c1)OCCO2. The van der Waals surface area contributed by atoms with Crippen molar-refractivity contribution in [1.82, 2.24) is 15.1 Å². The molecule has 2 aromatic rings. The number of ether oxygens (including phenoxy) is 2. The van der Waals surface area contributed by atoms with E-state index in [1.165, 1.54) is 17.7 Å². The summed E-state index contributed by atoms with van der Waals surface area (Å²) in [6.07, 6.45) is 5.47. The minimum absolute atomic E-state index is 0.348. The average Bonchev–Trinajstić information content (AvgIpc) is 3.04. The second kappa shape index (κ2) is 6.65. The Morgan fingerprint density at radius 3 is 3.08 bits per heavy atom. The maximum Gasteiger partial charge on any atom is 0.179 e. The molecule has 1 aliphatic carbocycles. The molecule has 0 bridgehead atoms.